The van der Waals surface area contributed by atoms with Gasteiger partial charge in [-0.05, 0) is 54.7 Å². The van der Waals surface area contributed by atoms with E-state index in [9.17, 15) is 4.79 Å². The molecule has 1 N–H and O–H groups in total. The molecule has 2 heterocycles. The number of halogens is 2. The average Bonchev–Trinajstić information content (AvgIpc) is 3.22. The van der Waals surface area contributed by atoms with Gasteiger partial charge in [0.25, 0.3) is 0 Å². The summed E-state index contributed by atoms with van der Waals surface area (Å²) in [7, 11) is 0. The van der Waals surface area contributed by atoms with Crippen molar-refractivity contribution in [2.75, 3.05) is 26.6 Å². The maximum atomic E-state index is 12.9. The van der Waals surface area contributed by atoms with Gasteiger partial charge in [-0.15, -0.1) is 0 Å². The normalized spacial score (nSPS) is 18.1. The maximum Gasteiger partial charge on any atom is 0.231 e. The Hall–Kier alpha value is -1.95. The zero-order valence-electron chi connectivity index (χ0n) is 16.9. The summed E-state index contributed by atoms with van der Waals surface area (Å²) in [6, 6.07) is 11.4. The van der Waals surface area contributed by atoms with Crippen LogP contribution < -0.4 is 14.8 Å². The molecule has 7 heteroatoms. The summed E-state index contributed by atoms with van der Waals surface area (Å²) in [6.45, 7) is 4.04. The summed E-state index contributed by atoms with van der Waals surface area (Å²) >= 11 is 12.2. The molecule has 2 aliphatic rings. The Morgan fingerprint density at radius 3 is 2.63 bits per heavy atom. The van der Waals surface area contributed by atoms with E-state index < -0.39 is 0 Å². The molecule has 1 amide bonds. The number of rotatable bonds is 6. The summed E-state index contributed by atoms with van der Waals surface area (Å²) in [4.78, 5) is 12.9. The number of hydrogen-bond acceptors (Lipinski definition) is 4. The van der Waals surface area contributed by atoms with Crippen LogP contribution in [0.4, 0.5) is 0 Å². The number of benzene rings is 2. The number of carbonyl (C=O) groups is 1. The van der Waals surface area contributed by atoms with Crippen molar-refractivity contribution in [2.45, 2.75) is 31.6 Å². The van der Waals surface area contributed by atoms with Crippen molar-refractivity contribution in [2.24, 2.45) is 5.92 Å². The molecule has 30 heavy (non-hydrogen) atoms. The first-order valence-electron chi connectivity index (χ1n) is 10.2. The largest absolute Gasteiger partial charge is 0.454 e. The average molecular weight is 450 g/mol. The first-order valence-corrected chi connectivity index (χ1v) is 10.9. The lowest BCUT2D eigenvalue weighted by atomic mass is 9.74. The van der Waals surface area contributed by atoms with Crippen LogP contribution >= 0.6 is 23.2 Å². The third-order valence-corrected chi connectivity index (χ3v) is 6.61. The maximum absolute atomic E-state index is 12.9. The van der Waals surface area contributed by atoms with Crippen molar-refractivity contribution < 1.29 is 19.0 Å². The topological polar surface area (TPSA) is 56.8 Å². The first-order chi connectivity index (χ1) is 14.5. The molecule has 1 saturated heterocycles. The predicted molar refractivity (Wildman–Crippen MR) is 117 cm³/mol. The van der Waals surface area contributed by atoms with E-state index in [1.807, 2.05) is 25.1 Å². The van der Waals surface area contributed by atoms with E-state index in [1.165, 1.54) is 0 Å². The second-order valence-electron chi connectivity index (χ2n) is 8.02. The number of carbonyl (C=O) groups excluding carboxylic acids is 1. The van der Waals surface area contributed by atoms with Gasteiger partial charge in [-0.1, -0.05) is 42.3 Å². The minimum Gasteiger partial charge on any atom is -0.454 e. The molecule has 1 unspecified atom stereocenters. The van der Waals surface area contributed by atoms with Gasteiger partial charge >= 0.3 is 0 Å². The Kier molecular flexibility index (Phi) is 6.42. The highest BCUT2D eigenvalue weighted by Crippen LogP contribution is 2.40. The monoisotopic (exact) mass is 449 g/mol. The quantitative estimate of drug-likeness (QED) is 0.689. The molecule has 0 radical (unpaired) electrons. The Balaban J connectivity index is 1.45. The molecule has 5 nitrogen and oxygen atoms in total. The molecule has 0 bridgehead atoms. The van der Waals surface area contributed by atoms with Gasteiger partial charge in [-0.3, -0.25) is 4.79 Å². The Labute approximate surface area is 186 Å². The molecule has 160 valence electrons. The summed E-state index contributed by atoms with van der Waals surface area (Å²) in [5.74, 6) is 1.32. The van der Waals surface area contributed by atoms with Gasteiger partial charge in [0, 0.05) is 41.1 Å². The molecule has 1 atom stereocenters. The lowest BCUT2D eigenvalue weighted by Gasteiger charge is -2.38. The molecular formula is C23H25Cl2NO4. The van der Waals surface area contributed by atoms with Crippen molar-refractivity contribution in [3.63, 3.8) is 0 Å². The number of hydrogen-bond donors (Lipinski definition) is 1. The molecule has 0 spiro atoms. The SMILES string of the molecule is CC(Cc1ccc(Cl)cc1Cl)C(=O)NCC1(c2ccc3c(c2)OCO3)CCOCC1. The Bertz CT molecular complexity index is 927. The summed E-state index contributed by atoms with van der Waals surface area (Å²) in [5.41, 5.74) is 1.87. The molecule has 0 saturated carbocycles. The van der Waals surface area contributed by atoms with E-state index >= 15 is 0 Å². The molecule has 2 aromatic rings. The van der Waals surface area contributed by atoms with Gasteiger partial charge in [0.1, 0.15) is 0 Å². The zero-order chi connectivity index (χ0) is 21.1. The van der Waals surface area contributed by atoms with E-state index in [4.69, 9.17) is 37.4 Å². The minimum atomic E-state index is -0.211. The van der Waals surface area contributed by atoms with Crippen LogP contribution in [0.1, 0.15) is 30.9 Å². The molecule has 4 rings (SSSR count). The molecule has 0 aromatic heterocycles. The second kappa shape index (κ2) is 9.04. The number of nitrogens with one attached hydrogen (secondary N) is 1. The van der Waals surface area contributed by atoms with Crippen molar-refractivity contribution >= 4 is 29.1 Å². The van der Waals surface area contributed by atoms with Crippen LogP contribution in [-0.4, -0.2) is 32.5 Å². The van der Waals surface area contributed by atoms with Crippen molar-refractivity contribution in [3.8, 4) is 11.5 Å². The van der Waals surface area contributed by atoms with Crippen LogP contribution in [0.5, 0.6) is 11.5 Å². The van der Waals surface area contributed by atoms with E-state index in [2.05, 4.69) is 11.4 Å². The fraction of sp³-hybridized carbons (Fsp3) is 0.435. The minimum absolute atomic E-state index is 0.00706. The zero-order valence-corrected chi connectivity index (χ0v) is 18.4. The van der Waals surface area contributed by atoms with Gasteiger partial charge in [-0.25, -0.2) is 0 Å². The number of fused-ring (bicyclic) bond motifs is 1. The fourth-order valence-electron chi connectivity index (χ4n) is 4.10. The molecule has 0 aliphatic carbocycles. The van der Waals surface area contributed by atoms with Crippen LogP contribution in [0.2, 0.25) is 10.0 Å². The Morgan fingerprint density at radius 2 is 1.87 bits per heavy atom. The molecule has 2 aromatic carbocycles. The first kappa shape index (κ1) is 21.3. The molecule has 1 fully saturated rings. The van der Waals surface area contributed by atoms with Crippen LogP contribution in [-0.2, 0) is 21.4 Å². The molecule has 2 aliphatic heterocycles. The van der Waals surface area contributed by atoms with Crippen LogP contribution in [0.25, 0.3) is 0 Å². The summed E-state index contributed by atoms with van der Waals surface area (Å²) in [6.07, 6.45) is 2.23. The highest BCUT2D eigenvalue weighted by atomic mass is 35.5. The van der Waals surface area contributed by atoms with E-state index in [-0.39, 0.29) is 24.0 Å². The van der Waals surface area contributed by atoms with Gasteiger partial charge in [0.05, 0.1) is 0 Å². The van der Waals surface area contributed by atoms with E-state index in [0.717, 1.165) is 35.5 Å². The molecular weight excluding hydrogens is 425 g/mol. The third kappa shape index (κ3) is 4.53. The summed E-state index contributed by atoms with van der Waals surface area (Å²) < 4.78 is 16.6. The Morgan fingerprint density at radius 1 is 1.10 bits per heavy atom. The fourth-order valence-corrected chi connectivity index (χ4v) is 4.58. The van der Waals surface area contributed by atoms with Crippen LogP contribution in [0, 0.1) is 5.92 Å². The number of ether oxygens (including phenoxy) is 3. The van der Waals surface area contributed by atoms with Gasteiger partial charge < -0.3 is 19.5 Å². The third-order valence-electron chi connectivity index (χ3n) is 6.02. The van der Waals surface area contributed by atoms with E-state index in [0.29, 0.717) is 36.2 Å². The lowest BCUT2D eigenvalue weighted by molar-refractivity contribution is -0.125. The van der Waals surface area contributed by atoms with Gasteiger partial charge in [0.2, 0.25) is 12.7 Å². The van der Waals surface area contributed by atoms with E-state index in [1.54, 1.807) is 12.1 Å². The highest BCUT2D eigenvalue weighted by molar-refractivity contribution is 6.35. The van der Waals surface area contributed by atoms with Crippen LogP contribution in [0.3, 0.4) is 0 Å². The number of amides is 1. The van der Waals surface area contributed by atoms with Crippen molar-refractivity contribution in [1.82, 2.24) is 5.32 Å². The van der Waals surface area contributed by atoms with Crippen LogP contribution in [0.15, 0.2) is 36.4 Å². The van der Waals surface area contributed by atoms with Gasteiger partial charge in [0.15, 0.2) is 11.5 Å². The smallest absolute Gasteiger partial charge is 0.231 e. The highest BCUT2D eigenvalue weighted by Gasteiger charge is 2.36. The van der Waals surface area contributed by atoms with Crippen molar-refractivity contribution in [3.05, 3.63) is 57.6 Å². The van der Waals surface area contributed by atoms with Crippen molar-refractivity contribution in [1.29, 1.82) is 0 Å². The lowest BCUT2D eigenvalue weighted by Crippen LogP contribution is -2.46. The van der Waals surface area contributed by atoms with Gasteiger partial charge in [-0.2, -0.15) is 0 Å². The predicted octanol–water partition coefficient (Wildman–Crippen LogP) is 4.77. The second-order valence-corrected chi connectivity index (χ2v) is 8.86. The standard InChI is InChI=1S/C23H25Cl2NO4/c1-15(10-16-2-4-18(24)12-19(16)25)22(27)26-13-23(6-8-28-9-7-23)17-3-5-20-21(11-17)30-14-29-20/h2-5,11-12,15H,6-10,13-14H2,1H3,(H,26,27). The summed E-state index contributed by atoms with van der Waals surface area (Å²) in [5, 5.41) is 4.35.